The molecule has 0 saturated carbocycles. The van der Waals surface area contributed by atoms with Crippen molar-refractivity contribution in [2.45, 2.75) is 13.8 Å². The summed E-state index contributed by atoms with van der Waals surface area (Å²) in [6.45, 7) is 5.48. The summed E-state index contributed by atoms with van der Waals surface area (Å²) in [5.74, 6) is 0. The first kappa shape index (κ1) is 12.2. The van der Waals surface area contributed by atoms with Gasteiger partial charge in [0, 0.05) is 18.6 Å². The van der Waals surface area contributed by atoms with Gasteiger partial charge in [-0.1, -0.05) is 37.0 Å². The molecule has 86 valence electrons. The van der Waals surface area contributed by atoms with Gasteiger partial charge in [-0.2, -0.15) is 0 Å². The molecule has 2 heterocycles. The van der Waals surface area contributed by atoms with Crippen LogP contribution in [0, 0.1) is 5.41 Å². The molecular formula is C10H12BCl2NO2. The second-order valence-corrected chi connectivity index (χ2v) is 5.44. The molecule has 0 spiro atoms. The van der Waals surface area contributed by atoms with E-state index in [1.807, 2.05) is 0 Å². The standard InChI is InChI=1S/C10H12BCl2NO2/c1-10(2)5-15-11(16-6-10)7-3-8(12)14-9(13)4-7/h3-4H,5-6H2,1-2H3. The van der Waals surface area contributed by atoms with Crippen LogP contribution in [-0.2, 0) is 9.31 Å². The van der Waals surface area contributed by atoms with E-state index in [1.165, 1.54) is 0 Å². The maximum Gasteiger partial charge on any atom is 0.494 e. The zero-order valence-corrected chi connectivity index (χ0v) is 10.7. The van der Waals surface area contributed by atoms with Crippen LogP contribution in [0.5, 0.6) is 0 Å². The van der Waals surface area contributed by atoms with Crippen LogP contribution in [0.3, 0.4) is 0 Å². The summed E-state index contributed by atoms with van der Waals surface area (Å²) in [6.07, 6.45) is 0. The quantitative estimate of drug-likeness (QED) is 0.572. The number of hydrogen-bond acceptors (Lipinski definition) is 3. The van der Waals surface area contributed by atoms with Gasteiger partial charge in [-0.25, -0.2) is 4.98 Å². The lowest BCUT2D eigenvalue weighted by molar-refractivity contribution is 0.0343. The maximum absolute atomic E-state index is 5.82. The van der Waals surface area contributed by atoms with Crippen LogP contribution in [0.1, 0.15) is 13.8 Å². The monoisotopic (exact) mass is 259 g/mol. The highest BCUT2D eigenvalue weighted by molar-refractivity contribution is 6.62. The molecule has 1 saturated heterocycles. The molecule has 0 atom stereocenters. The van der Waals surface area contributed by atoms with Gasteiger partial charge in [0.15, 0.2) is 0 Å². The Morgan fingerprint density at radius 1 is 1.19 bits per heavy atom. The second kappa shape index (κ2) is 4.53. The molecule has 1 aromatic heterocycles. The van der Waals surface area contributed by atoms with Gasteiger partial charge in [-0.3, -0.25) is 0 Å². The third kappa shape index (κ3) is 2.89. The van der Waals surface area contributed by atoms with Crippen molar-refractivity contribution < 1.29 is 9.31 Å². The van der Waals surface area contributed by atoms with E-state index in [0.29, 0.717) is 23.5 Å². The summed E-state index contributed by atoms with van der Waals surface area (Å²) in [5, 5.41) is 0.694. The number of aromatic nitrogens is 1. The number of nitrogens with zero attached hydrogens (tertiary/aromatic N) is 1. The Bertz CT molecular complexity index is 370. The van der Waals surface area contributed by atoms with Gasteiger partial charge in [0.25, 0.3) is 0 Å². The minimum absolute atomic E-state index is 0.0527. The van der Waals surface area contributed by atoms with Crippen LogP contribution in [-0.4, -0.2) is 25.3 Å². The Labute approximate surface area is 105 Å². The fourth-order valence-corrected chi connectivity index (χ4v) is 1.98. The number of pyridine rings is 1. The van der Waals surface area contributed by atoms with Gasteiger partial charge in [0.05, 0.1) is 0 Å². The molecule has 1 aromatic rings. The van der Waals surface area contributed by atoms with E-state index >= 15 is 0 Å². The third-order valence-electron chi connectivity index (χ3n) is 2.31. The van der Waals surface area contributed by atoms with Crippen molar-refractivity contribution in [3.05, 3.63) is 22.4 Å². The number of halogens is 2. The fourth-order valence-electron chi connectivity index (χ4n) is 1.50. The van der Waals surface area contributed by atoms with E-state index in [9.17, 15) is 0 Å². The van der Waals surface area contributed by atoms with E-state index in [2.05, 4.69) is 18.8 Å². The zero-order valence-electron chi connectivity index (χ0n) is 9.17. The van der Waals surface area contributed by atoms with Gasteiger partial charge in [-0.15, -0.1) is 0 Å². The molecule has 0 radical (unpaired) electrons. The molecule has 0 N–H and O–H groups in total. The minimum atomic E-state index is -0.397. The average Bonchev–Trinajstić information content (AvgIpc) is 2.15. The van der Waals surface area contributed by atoms with Gasteiger partial charge in [0.2, 0.25) is 0 Å². The van der Waals surface area contributed by atoms with Gasteiger partial charge in [-0.05, 0) is 17.6 Å². The Balaban J connectivity index is 2.14. The highest BCUT2D eigenvalue weighted by Crippen LogP contribution is 2.22. The van der Waals surface area contributed by atoms with Crippen molar-refractivity contribution >= 4 is 35.8 Å². The van der Waals surface area contributed by atoms with Crippen molar-refractivity contribution in [2.75, 3.05) is 13.2 Å². The number of hydrogen-bond donors (Lipinski definition) is 0. The molecule has 3 nitrogen and oxygen atoms in total. The van der Waals surface area contributed by atoms with Gasteiger partial charge < -0.3 is 9.31 Å². The highest BCUT2D eigenvalue weighted by Gasteiger charge is 2.33. The molecule has 1 aliphatic heterocycles. The first-order valence-electron chi connectivity index (χ1n) is 5.02. The van der Waals surface area contributed by atoms with Crippen molar-refractivity contribution in [3.63, 3.8) is 0 Å². The zero-order chi connectivity index (χ0) is 11.8. The Morgan fingerprint density at radius 2 is 1.69 bits per heavy atom. The molecule has 1 aliphatic rings. The van der Waals surface area contributed by atoms with Gasteiger partial charge in [0.1, 0.15) is 10.3 Å². The summed E-state index contributed by atoms with van der Waals surface area (Å²) in [6, 6.07) is 3.41. The van der Waals surface area contributed by atoms with Crippen molar-refractivity contribution in [3.8, 4) is 0 Å². The topological polar surface area (TPSA) is 31.4 Å². The summed E-state index contributed by atoms with van der Waals surface area (Å²) in [4.78, 5) is 3.88. The lowest BCUT2D eigenvalue weighted by Gasteiger charge is -2.33. The molecule has 0 aromatic carbocycles. The third-order valence-corrected chi connectivity index (χ3v) is 2.70. The Morgan fingerprint density at radius 3 is 2.19 bits per heavy atom. The lowest BCUT2D eigenvalue weighted by Crippen LogP contribution is -2.47. The van der Waals surface area contributed by atoms with Crippen molar-refractivity contribution in [2.24, 2.45) is 5.41 Å². The van der Waals surface area contributed by atoms with Crippen LogP contribution >= 0.6 is 23.2 Å². The SMILES string of the molecule is CC1(C)COB(c2cc(Cl)nc(Cl)c2)OC1. The average molecular weight is 260 g/mol. The molecule has 0 bridgehead atoms. The highest BCUT2D eigenvalue weighted by atomic mass is 35.5. The lowest BCUT2D eigenvalue weighted by atomic mass is 9.76. The first-order valence-corrected chi connectivity index (χ1v) is 5.78. The van der Waals surface area contributed by atoms with E-state index in [-0.39, 0.29) is 5.41 Å². The summed E-state index contributed by atoms with van der Waals surface area (Å²) < 4.78 is 11.2. The fraction of sp³-hybridized carbons (Fsp3) is 0.500. The van der Waals surface area contributed by atoms with Crippen LogP contribution in [0.15, 0.2) is 12.1 Å². The Hall–Kier alpha value is -0.285. The van der Waals surface area contributed by atoms with Crippen LogP contribution in [0.25, 0.3) is 0 Å². The minimum Gasteiger partial charge on any atom is -0.407 e. The molecule has 0 unspecified atom stereocenters. The second-order valence-electron chi connectivity index (χ2n) is 4.66. The number of rotatable bonds is 1. The predicted molar refractivity (Wildman–Crippen MR) is 65.3 cm³/mol. The normalized spacial score (nSPS) is 19.9. The van der Waals surface area contributed by atoms with Crippen LogP contribution < -0.4 is 5.46 Å². The predicted octanol–water partition coefficient (Wildman–Crippen LogP) is 2.16. The summed E-state index contributed by atoms with van der Waals surface area (Å²) >= 11 is 11.6. The largest absolute Gasteiger partial charge is 0.494 e. The van der Waals surface area contributed by atoms with E-state index in [4.69, 9.17) is 32.5 Å². The molecule has 6 heteroatoms. The first-order chi connectivity index (χ1) is 7.46. The van der Waals surface area contributed by atoms with Crippen molar-refractivity contribution in [1.82, 2.24) is 4.98 Å². The Kier molecular flexibility index (Phi) is 3.45. The molecular weight excluding hydrogens is 248 g/mol. The molecule has 0 amide bonds. The van der Waals surface area contributed by atoms with Gasteiger partial charge >= 0.3 is 7.12 Å². The van der Waals surface area contributed by atoms with E-state index < -0.39 is 7.12 Å². The summed E-state index contributed by atoms with van der Waals surface area (Å²) in [5.41, 5.74) is 0.859. The van der Waals surface area contributed by atoms with E-state index in [0.717, 1.165) is 5.46 Å². The summed E-state index contributed by atoms with van der Waals surface area (Å²) in [7, 11) is -0.397. The smallest absolute Gasteiger partial charge is 0.407 e. The maximum atomic E-state index is 5.82. The molecule has 0 aliphatic carbocycles. The van der Waals surface area contributed by atoms with Crippen LogP contribution in [0.2, 0.25) is 10.3 Å². The molecule has 16 heavy (non-hydrogen) atoms. The van der Waals surface area contributed by atoms with E-state index in [1.54, 1.807) is 12.1 Å². The molecule has 1 fully saturated rings. The molecule has 2 rings (SSSR count). The van der Waals surface area contributed by atoms with Crippen molar-refractivity contribution in [1.29, 1.82) is 0 Å². The van der Waals surface area contributed by atoms with Crippen LogP contribution in [0.4, 0.5) is 0 Å².